The molecule has 2 rings (SSSR count). The number of amides is 1. The van der Waals surface area contributed by atoms with Gasteiger partial charge in [-0.1, -0.05) is 0 Å². The first kappa shape index (κ1) is 11.3. The molecule has 0 radical (unpaired) electrons. The largest absolute Gasteiger partial charge is 0.352 e. The van der Waals surface area contributed by atoms with E-state index in [4.69, 9.17) is 0 Å². The van der Waals surface area contributed by atoms with Crippen molar-refractivity contribution < 1.29 is 9.59 Å². The normalized spacial score (nSPS) is 10.5. The average Bonchev–Trinajstić information content (AvgIpc) is 2.70. The molecule has 0 aliphatic heterocycles. The van der Waals surface area contributed by atoms with Crippen LogP contribution in [0.2, 0.25) is 0 Å². The number of nitrogens with one attached hydrogen (secondary N) is 1. The van der Waals surface area contributed by atoms with Crippen LogP contribution < -0.4 is 5.32 Å². The molecule has 0 bridgehead atoms. The maximum atomic E-state index is 11.4. The summed E-state index contributed by atoms with van der Waals surface area (Å²) in [6.07, 6.45) is 3.33. The van der Waals surface area contributed by atoms with Crippen LogP contribution in [0, 0.1) is 0 Å². The van der Waals surface area contributed by atoms with Gasteiger partial charge >= 0.3 is 0 Å². The number of nitrogens with zero attached hydrogens (tertiary/aromatic N) is 2. The highest BCUT2D eigenvalue weighted by molar-refractivity contribution is 5.90. The van der Waals surface area contributed by atoms with E-state index in [0.29, 0.717) is 12.2 Å². The lowest BCUT2D eigenvalue weighted by Crippen LogP contribution is -2.19. The third-order valence-electron chi connectivity index (χ3n) is 2.54. The first-order chi connectivity index (χ1) is 8.09. The molecule has 0 aliphatic carbocycles. The SMILES string of the molecule is CC(=O)NCc1ccnc2c1ccn2C(C)=O. The lowest BCUT2D eigenvalue weighted by Gasteiger charge is -2.04. The van der Waals surface area contributed by atoms with E-state index in [1.807, 2.05) is 12.1 Å². The topological polar surface area (TPSA) is 64.0 Å². The van der Waals surface area contributed by atoms with Crippen molar-refractivity contribution in [1.29, 1.82) is 0 Å². The molecule has 2 aromatic rings. The van der Waals surface area contributed by atoms with Gasteiger partial charge < -0.3 is 5.32 Å². The quantitative estimate of drug-likeness (QED) is 0.848. The molecule has 2 aromatic heterocycles. The second-order valence-electron chi connectivity index (χ2n) is 3.82. The van der Waals surface area contributed by atoms with Crippen molar-refractivity contribution in [2.75, 3.05) is 0 Å². The zero-order chi connectivity index (χ0) is 12.4. The Kier molecular flexibility index (Phi) is 2.91. The van der Waals surface area contributed by atoms with Crippen LogP contribution in [0.5, 0.6) is 0 Å². The van der Waals surface area contributed by atoms with Crippen LogP contribution in [0.4, 0.5) is 0 Å². The van der Waals surface area contributed by atoms with E-state index in [9.17, 15) is 9.59 Å². The molecule has 0 spiro atoms. The molecular formula is C12H13N3O2. The molecule has 5 heteroatoms. The van der Waals surface area contributed by atoms with Crippen molar-refractivity contribution >= 4 is 22.8 Å². The maximum Gasteiger partial charge on any atom is 0.229 e. The van der Waals surface area contributed by atoms with E-state index in [2.05, 4.69) is 10.3 Å². The smallest absolute Gasteiger partial charge is 0.229 e. The van der Waals surface area contributed by atoms with Gasteiger partial charge in [-0.05, 0) is 17.7 Å². The fraction of sp³-hybridized carbons (Fsp3) is 0.250. The van der Waals surface area contributed by atoms with Crippen molar-refractivity contribution in [2.45, 2.75) is 20.4 Å². The summed E-state index contributed by atoms with van der Waals surface area (Å²) in [5.74, 6) is -0.162. The third kappa shape index (κ3) is 2.18. The second kappa shape index (κ2) is 4.37. The molecule has 0 fully saturated rings. The molecule has 1 amide bonds. The van der Waals surface area contributed by atoms with Crippen LogP contribution in [-0.2, 0) is 11.3 Å². The summed E-state index contributed by atoms with van der Waals surface area (Å²) in [5, 5.41) is 3.62. The molecule has 1 N–H and O–H groups in total. The summed E-state index contributed by atoms with van der Waals surface area (Å²) in [6.45, 7) is 3.40. The van der Waals surface area contributed by atoms with E-state index >= 15 is 0 Å². The highest BCUT2D eigenvalue weighted by Gasteiger charge is 2.09. The number of pyridine rings is 1. The molecule has 0 aromatic carbocycles. The van der Waals surface area contributed by atoms with Crippen LogP contribution in [-0.4, -0.2) is 21.4 Å². The monoisotopic (exact) mass is 231 g/mol. The van der Waals surface area contributed by atoms with Gasteiger partial charge in [-0.15, -0.1) is 0 Å². The van der Waals surface area contributed by atoms with Crippen LogP contribution in [0.3, 0.4) is 0 Å². The van der Waals surface area contributed by atoms with Crippen molar-refractivity contribution in [3.8, 4) is 0 Å². The predicted octanol–water partition coefficient (Wildman–Crippen LogP) is 1.33. The molecule has 0 atom stereocenters. The summed E-state index contributed by atoms with van der Waals surface area (Å²) < 4.78 is 1.49. The first-order valence-corrected chi connectivity index (χ1v) is 5.30. The Morgan fingerprint density at radius 2 is 2.12 bits per heavy atom. The minimum Gasteiger partial charge on any atom is -0.352 e. The molecule has 17 heavy (non-hydrogen) atoms. The van der Waals surface area contributed by atoms with Gasteiger partial charge in [0.1, 0.15) is 5.65 Å². The lowest BCUT2D eigenvalue weighted by atomic mass is 10.2. The standard InChI is InChI=1S/C12H13N3O2/c1-8(16)14-7-10-3-5-13-12-11(10)4-6-15(12)9(2)17/h3-6H,7H2,1-2H3,(H,14,16). The number of rotatable bonds is 2. The highest BCUT2D eigenvalue weighted by atomic mass is 16.2. The molecule has 5 nitrogen and oxygen atoms in total. The molecule has 0 aliphatic rings. The fourth-order valence-electron chi connectivity index (χ4n) is 1.72. The number of carbonyl (C=O) groups is 2. The summed E-state index contributed by atoms with van der Waals surface area (Å²) in [7, 11) is 0. The van der Waals surface area contributed by atoms with E-state index < -0.39 is 0 Å². The zero-order valence-electron chi connectivity index (χ0n) is 9.73. The van der Waals surface area contributed by atoms with Gasteiger partial charge in [0.15, 0.2) is 0 Å². The molecule has 0 saturated carbocycles. The van der Waals surface area contributed by atoms with E-state index in [0.717, 1.165) is 10.9 Å². The van der Waals surface area contributed by atoms with Crippen molar-refractivity contribution in [3.05, 3.63) is 30.1 Å². The maximum absolute atomic E-state index is 11.4. The van der Waals surface area contributed by atoms with E-state index in [-0.39, 0.29) is 11.8 Å². The fourth-order valence-corrected chi connectivity index (χ4v) is 1.72. The van der Waals surface area contributed by atoms with Gasteiger partial charge in [-0.25, -0.2) is 4.98 Å². The Bertz CT molecular complexity index is 586. The predicted molar refractivity (Wildman–Crippen MR) is 63.6 cm³/mol. The van der Waals surface area contributed by atoms with Crippen LogP contribution in [0.1, 0.15) is 24.2 Å². The van der Waals surface area contributed by atoms with Crippen molar-refractivity contribution in [3.63, 3.8) is 0 Å². The van der Waals surface area contributed by atoms with E-state index in [1.165, 1.54) is 18.4 Å². The number of carbonyl (C=O) groups excluding carboxylic acids is 2. The van der Waals surface area contributed by atoms with Crippen LogP contribution >= 0.6 is 0 Å². The zero-order valence-corrected chi connectivity index (χ0v) is 9.73. The molecular weight excluding hydrogens is 218 g/mol. The molecule has 88 valence electrons. The van der Waals surface area contributed by atoms with Gasteiger partial charge in [-0.3, -0.25) is 14.2 Å². The van der Waals surface area contributed by atoms with E-state index in [1.54, 1.807) is 12.4 Å². The Morgan fingerprint density at radius 3 is 2.76 bits per heavy atom. The molecule has 0 saturated heterocycles. The number of hydrogen-bond donors (Lipinski definition) is 1. The summed E-state index contributed by atoms with van der Waals surface area (Å²) in [6, 6.07) is 3.67. The van der Waals surface area contributed by atoms with Gasteiger partial charge in [0.25, 0.3) is 0 Å². The number of aromatic nitrogens is 2. The molecule has 0 unspecified atom stereocenters. The Hall–Kier alpha value is -2.17. The highest BCUT2D eigenvalue weighted by Crippen LogP contribution is 2.17. The Labute approximate surface area is 98.4 Å². The molecule has 2 heterocycles. The van der Waals surface area contributed by atoms with Crippen LogP contribution in [0.15, 0.2) is 24.5 Å². The summed E-state index contributed by atoms with van der Waals surface area (Å²) >= 11 is 0. The van der Waals surface area contributed by atoms with Crippen LogP contribution in [0.25, 0.3) is 11.0 Å². The van der Waals surface area contributed by atoms with Crippen molar-refractivity contribution in [2.24, 2.45) is 0 Å². The van der Waals surface area contributed by atoms with Gasteiger partial charge in [0, 0.05) is 38.2 Å². The minimum atomic E-state index is -0.0824. The lowest BCUT2D eigenvalue weighted by molar-refractivity contribution is -0.119. The average molecular weight is 231 g/mol. The summed E-state index contributed by atoms with van der Waals surface area (Å²) in [5.41, 5.74) is 1.57. The Balaban J connectivity index is 2.44. The van der Waals surface area contributed by atoms with Crippen molar-refractivity contribution in [1.82, 2.24) is 14.9 Å². The number of hydrogen-bond acceptors (Lipinski definition) is 3. The van der Waals surface area contributed by atoms with Gasteiger partial charge in [0.05, 0.1) is 0 Å². The summed E-state index contributed by atoms with van der Waals surface area (Å²) in [4.78, 5) is 26.4. The number of fused-ring (bicyclic) bond motifs is 1. The third-order valence-corrected chi connectivity index (χ3v) is 2.54. The van der Waals surface area contributed by atoms with Gasteiger partial charge in [0.2, 0.25) is 11.8 Å². The van der Waals surface area contributed by atoms with Gasteiger partial charge in [-0.2, -0.15) is 0 Å². The second-order valence-corrected chi connectivity index (χ2v) is 3.82. The first-order valence-electron chi connectivity index (χ1n) is 5.30. The Morgan fingerprint density at radius 1 is 1.35 bits per heavy atom. The minimum absolute atomic E-state index is 0.0795.